The fourth-order valence-corrected chi connectivity index (χ4v) is 4.67. The molecule has 0 fully saturated rings. The lowest BCUT2D eigenvalue weighted by Crippen LogP contribution is -2.40. The highest BCUT2D eigenvalue weighted by Crippen LogP contribution is 2.38. The van der Waals surface area contributed by atoms with Crippen molar-refractivity contribution in [2.75, 3.05) is 4.72 Å². The summed E-state index contributed by atoms with van der Waals surface area (Å²) in [5.41, 5.74) is 0.0425. The Balaban J connectivity index is 1.92. The molecule has 0 unspecified atom stereocenters. The summed E-state index contributed by atoms with van der Waals surface area (Å²) in [6.07, 6.45) is 0.395. The molecule has 218 valence electrons. The number of benzene rings is 3. The van der Waals surface area contributed by atoms with Crippen LogP contribution in [0.1, 0.15) is 67.8 Å². The minimum Gasteiger partial charge on any atom is -0.460 e. The van der Waals surface area contributed by atoms with Gasteiger partial charge in [0.2, 0.25) is 0 Å². The van der Waals surface area contributed by atoms with E-state index >= 15 is 0 Å². The molecule has 0 aliphatic carbocycles. The standard InChI is InChI=1S/C30H31Cl2FN2O5S/c1-29(2,3)34-28(38)18-8-9-24(23(13-18)35-41-26-10-7-17(16-36)11-21(26)32)39-25-15-22(33)19(12-20(25)31)14-27(37)40-30(4,5)6/h7-13,15-16,35H,14H2,1-6H3,(H,34,38). The Labute approximate surface area is 253 Å². The summed E-state index contributed by atoms with van der Waals surface area (Å²) in [6.45, 7) is 10.8. The molecule has 7 nitrogen and oxygen atoms in total. The van der Waals surface area contributed by atoms with Crippen LogP contribution in [0.2, 0.25) is 10.0 Å². The van der Waals surface area contributed by atoms with Crippen LogP contribution < -0.4 is 14.8 Å². The SMILES string of the molecule is CC(C)(C)NC(=O)c1ccc(Oc2cc(F)c(CC(=O)OC(C)(C)C)cc2Cl)c(NSc2ccc(C=O)cc2Cl)c1. The predicted molar refractivity (Wildman–Crippen MR) is 161 cm³/mol. The fourth-order valence-electron chi connectivity index (χ4n) is 3.47. The topological polar surface area (TPSA) is 93.7 Å². The molecule has 1 amide bonds. The van der Waals surface area contributed by atoms with Crippen molar-refractivity contribution in [3.63, 3.8) is 0 Å². The number of hydrogen-bond donors (Lipinski definition) is 2. The first-order valence-electron chi connectivity index (χ1n) is 12.6. The van der Waals surface area contributed by atoms with E-state index in [-0.39, 0.29) is 34.4 Å². The highest BCUT2D eigenvalue weighted by Gasteiger charge is 2.21. The van der Waals surface area contributed by atoms with Crippen molar-refractivity contribution < 1.29 is 28.2 Å². The maximum absolute atomic E-state index is 15.0. The first-order chi connectivity index (χ1) is 19.0. The van der Waals surface area contributed by atoms with Gasteiger partial charge in [-0.15, -0.1) is 0 Å². The summed E-state index contributed by atoms with van der Waals surface area (Å²) in [4.78, 5) is 36.7. The second-order valence-corrected chi connectivity index (χ2v) is 12.8. The van der Waals surface area contributed by atoms with Gasteiger partial charge < -0.3 is 19.5 Å². The van der Waals surface area contributed by atoms with Gasteiger partial charge in [0.1, 0.15) is 23.5 Å². The van der Waals surface area contributed by atoms with Crippen molar-refractivity contribution in [2.45, 2.75) is 64.0 Å². The Morgan fingerprint density at radius 2 is 1.66 bits per heavy atom. The molecule has 0 bridgehead atoms. The van der Waals surface area contributed by atoms with Gasteiger partial charge in [0.15, 0.2) is 5.75 Å². The van der Waals surface area contributed by atoms with Gasteiger partial charge in [0, 0.05) is 33.2 Å². The average molecular weight is 622 g/mol. The molecule has 11 heteroatoms. The van der Waals surface area contributed by atoms with Gasteiger partial charge in [0.25, 0.3) is 5.91 Å². The number of hydrogen-bond acceptors (Lipinski definition) is 7. The van der Waals surface area contributed by atoms with Crippen LogP contribution >= 0.6 is 35.1 Å². The zero-order valence-electron chi connectivity index (χ0n) is 23.5. The Kier molecular flexibility index (Phi) is 10.3. The summed E-state index contributed by atoms with van der Waals surface area (Å²) < 4.78 is 29.3. The van der Waals surface area contributed by atoms with Crippen LogP contribution in [0.5, 0.6) is 11.5 Å². The molecule has 3 rings (SSSR count). The van der Waals surface area contributed by atoms with Gasteiger partial charge in [-0.1, -0.05) is 29.3 Å². The third kappa shape index (κ3) is 9.66. The van der Waals surface area contributed by atoms with Gasteiger partial charge in [-0.2, -0.15) is 0 Å². The normalized spacial score (nSPS) is 11.5. The summed E-state index contributed by atoms with van der Waals surface area (Å²) in [5.74, 6) is -1.34. The van der Waals surface area contributed by atoms with Crippen molar-refractivity contribution in [2.24, 2.45) is 0 Å². The molecule has 0 aliphatic heterocycles. The number of aldehydes is 1. The lowest BCUT2D eigenvalue weighted by Gasteiger charge is -2.21. The molecular weight excluding hydrogens is 590 g/mol. The first-order valence-corrected chi connectivity index (χ1v) is 14.1. The lowest BCUT2D eigenvalue weighted by atomic mass is 10.1. The molecule has 0 spiro atoms. The molecule has 3 aromatic carbocycles. The van der Waals surface area contributed by atoms with Crippen molar-refractivity contribution in [3.8, 4) is 11.5 Å². The first kappa shape index (κ1) is 32.2. The third-order valence-corrected chi connectivity index (χ3v) is 6.79. The molecule has 0 atom stereocenters. The number of ether oxygens (including phenoxy) is 2. The van der Waals surface area contributed by atoms with E-state index in [0.717, 1.165) is 18.0 Å². The maximum Gasteiger partial charge on any atom is 0.310 e. The Morgan fingerprint density at radius 3 is 2.27 bits per heavy atom. The smallest absolute Gasteiger partial charge is 0.310 e. The monoisotopic (exact) mass is 620 g/mol. The second-order valence-electron chi connectivity index (χ2n) is 11.2. The molecule has 41 heavy (non-hydrogen) atoms. The second kappa shape index (κ2) is 13.1. The Bertz CT molecular complexity index is 1470. The fraction of sp³-hybridized carbons (Fsp3) is 0.300. The van der Waals surface area contributed by atoms with Crippen molar-refractivity contribution in [1.82, 2.24) is 5.32 Å². The van der Waals surface area contributed by atoms with Crippen molar-refractivity contribution in [3.05, 3.63) is 81.1 Å². The lowest BCUT2D eigenvalue weighted by molar-refractivity contribution is -0.154. The molecule has 0 aliphatic rings. The van der Waals surface area contributed by atoms with E-state index in [2.05, 4.69) is 10.0 Å². The number of rotatable bonds is 9. The van der Waals surface area contributed by atoms with Crippen LogP contribution in [-0.2, 0) is 16.0 Å². The van der Waals surface area contributed by atoms with Crippen LogP contribution in [0.15, 0.2) is 53.4 Å². The summed E-state index contributed by atoms with van der Waals surface area (Å²) in [5, 5.41) is 3.33. The molecule has 3 aromatic rings. The van der Waals surface area contributed by atoms with Crippen LogP contribution in [0, 0.1) is 5.82 Å². The summed E-state index contributed by atoms with van der Waals surface area (Å²) in [7, 11) is 0. The van der Waals surface area contributed by atoms with Crippen molar-refractivity contribution in [1.29, 1.82) is 0 Å². The van der Waals surface area contributed by atoms with Crippen LogP contribution in [-0.4, -0.2) is 29.3 Å². The number of anilines is 1. The number of carbonyl (C=O) groups excluding carboxylic acids is 3. The zero-order valence-corrected chi connectivity index (χ0v) is 25.8. The van der Waals surface area contributed by atoms with Gasteiger partial charge in [-0.3, -0.25) is 14.4 Å². The largest absolute Gasteiger partial charge is 0.460 e. The third-order valence-electron chi connectivity index (χ3n) is 5.17. The predicted octanol–water partition coefficient (Wildman–Crippen LogP) is 8.27. The molecular formula is C30H31Cl2FN2O5S. The van der Waals surface area contributed by atoms with Crippen molar-refractivity contribution >= 4 is 59.0 Å². The van der Waals surface area contributed by atoms with E-state index in [1.54, 1.807) is 51.1 Å². The number of carbonyl (C=O) groups is 3. The van der Waals surface area contributed by atoms with E-state index in [0.29, 0.717) is 33.0 Å². The van der Waals surface area contributed by atoms with Gasteiger partial charge in [-0.25, -0.2) is 4.39 Å². The van der Waals surface area contributed by atoms with E-state index in [4.69, 9.17) is 32.7 Å². The summed E-state index contributed by atoms with van der Waals surface area (Å²) >= 11 is 13.9. The molecule has 0 saturated heterocycles. The molecule has 2 N–H and O–H groups in total. The molecule has 0 radical (unpaired) electrons. The number of esters is 1. The highest BCUT2D eigenvalue weighted by atomic mass is 35.5. The number of halogens is 3. The minimum absolute atomic E-state index is 0.00502. The molecule has 0 heterocycles. The van der Waals surface area contributed by atoms with Gasteiger partial charge in [0.05, 0.1) is 22.2 Å². The minimum atomic E-state index is -0.710. The van der Waals surface area contributed by atoms with Crippen LogP contribution in [0.4, 0.5) is 10.1 Å². The van der Waals surface area contributed by atoms with E-state index in [1.807, 2.05) is 20.8 Å². The number of amides is 1. The molecule has 0 saturated carbocycles. The average Bonchev–Trinajstić information content (AvgIpc) is 2.84. The van der Waals surface area contributed by atoms with Crippen LogP contribution in [0.25, 0.3) is 0 Å². The van der Waals surface area contributed by atoms with E-state index in [1.165, 1.54) is 12.1 Å². The zero-order chi connectivity index (χ0) is 30.5. The van der Waals surface area contributed by atoms with E-state index in [9.17, 15) is 18.8 Å². The van der Waals surface area contributed by atoms with Gasteiger partial charge in [-0.05, 0) is 89.9 Å². The van der Waals surface area contributed by atoms with Gasteiger partial charge >= 0.3 is 5.97 Å². The highest BCUT2D eigenvalue weighted by molar-refractivity contribution is 8.00. The quantitative estimate of drug-likeness (QED) is 0.141. The maximum atomic E-state index is 15.0. The summed E-state index contributed by atoms with van der Waals surface area (Å²) in [6, 6.07) is 11.9. The van der Waals surface area contributed by atoms with E-state index < -0.39 is 22.9 Å². The Morgan fingerprint density at radius 1 is 0.951 bits per heavy atom. The Hall–Kier alpha value is -3.27. The molecule has 0 aromatic heterocycles. The van der Waals surface area contributed by atoms with Crippen LogP contribution in [0.3, 0.4) is 0 Å². The number of nitrogens with one attached hydrogen (secondary N) is 2.